The van der Waals surface area contributed by atoms with Crippen LogP contribution in [0.3, 0.4) is 0 Å². The third-order valence-corrected chi connectivity index (χ3v) is 10.2. The summed E-state index contributed by atoms with van der Waals surface area (Å²) >= 11 is 0. The molecule has 3 N–H and O–H groups in total. The lowest BCUT2D eigenvalue weighted by Gasteiger charge is -2.36. The van der Waals surface area contributed by atoms with Gasteiger partial charge in [0.15, 0.2) is 8.32 Å². The van der Waals surface area contributed by atoms with Crippen molar-refractivity contribution in [2.45, 2.75) is 58.4 Å². The maximum atomic E-state index is 12.7. The number of nitrogens with one attached hydrogen (secondary N) is 1. The van der Waals surface area contributed by atoms with Gasteiger partial charge in [0, 0.05) is 12.2 Å². The first kappa shape index (κ1) is 24.1. The average Bonchev–Trinajstić information content (AvgIpc) is 2.64. The van der Waals surface area contributed by atoms with Crippen molar-refractivity contribution >= 4 is 14.3 Å². The molecule has 0 spiro atoms. The number of nitrogens with two attached hydrogens (primary N) is 1. The van der Waals surface area contributed by atoms with Crippen LogP contribution in [0.2, 0.25) is 18.1 Å². The van der Waals surface area contributed by atoms with Crippen LogP contribution in [-0.4, -0.2) is 38.6 Å². The summed E-state index contributed by atoms with van der Waals surface area (Å²) in [5, 5.41) is 0.161. The van der Waals surface area contributed by atoms with Gasteiger partial charge in [0.05, 0.1) is 25.0 Å². The SMILES string of the molecule is COc1ccccc1C(OCCCO[Si](C)(C)C(C)(C)C)c1c(C)nc(N)[nH]c1=O. The Morgan fingerprint density at radius 3 is 2.47 bits per heavy atom. The third-order valence-electron chi connectivity index (χ3n) is 5.69. The Bertz CT molecular complexity index is 906. The molecule has 1 aromatic carbocycles. The number of para-hydroxylation sites is 1. The fourth-order valence-electron chi connectivity index (χ4n) is 2.94. The molecule has 0 aliphatic carbocycles. The smallest absolute Gasteiger partial charge is 0.258 e. The predicted molar refractivity (Wildman–Crippen MR) is 123 cm³/mol. The average molecular weight is 434 g/mol. The van der Waals surface area contributed by atoms with E-state index < -0.39 is 14.4 Å². The van der Waals surface area contributed by atoms with E-state index in [1.54, 1.807) is 14.0 Å². The summed E-state index contributed by atoms with van der Waals surface area (Å²) in [6.45, 7) is 13.9. The highest BCUT2D eigenvalue weighted by atomic mass is 28.4. The van der Waals surface area contributed by atoms with Gasteiger partial charge in [0.25, 0.3) is 5.56 Å². The fourth-order valence-corrected chi connectivity index (χ4v) is 4.03. The van der Waals surface area contributed by atoms with Crippen LogP contribution in [0.4, 0.5) is 5.95 Å². The molecule has 0 aliphatic rings. The minimum atomic E-state index is -1.80. The lowest BCUT2D eigenvalue weighted by molar-refractivity contribution is 0.0662. The summed E-state index contributed by atoms with van der Waals surface area (Å²) in [6, 6.07) is 7.51. The van der Waals surface area contributed by atoms with E-state index in [1.807, 2.05) is 24.3 Å². The number of aryl methyl sites for hydroxylation is 1. The van der Waals surface area contributed by atoms with Gasteiger partial charge < -0.3 is 19.6 Å². The van der Waals surface area contributed by atoms with Crippen LogP contribution >= 0.6 is 0 Å². The summed E-state index contributed by atoms with van der Waals surface area (Å²) in [5.74, 6) is 0.735. The largest absolute Gasteiger partial charge is 0.496 e. The number of ether oxygens (including phenoxy) is 2. The minimum Gasteiger partial charge on any atom is -0.496 e. The molecule has 0 radical (unpaired) electrons. The van der Waals surface area contributed by atoms with Gasteiger partial charge in [-0.2, -0.15) is 0 Å². The van der Waals surface area contributed by atoms with Gasteiger partial charge in [-0.1, -0.05) is 39.0 Å². The highest BCUT2D eigenvalue weighted by molar-refractivity contribution is 6.74. The monoisotopic (exact) mass is 433 g/mol. The van der Waals surface area contributed by atoms with E-state index in [2.05, 4.69) is 43.8 Å². The van der Waals surface area contributed by atoms with Crippen LogP contribution in [0.15, 0.2) is 29.1 Å². The van der Waals surface area contributed by atoms with E-state index in [1.165, 1.54) is 0 Å². The zero-order valence-corrected chi connectivity index (χ0v) is 20.2. The third kappa shape index (κ3) is 5.71. The lowest BCUT2D eigenvalue weighted by atomic mass is 10.00. The number of anilines is 1. The number of hydrogen-bond donors (Lipinski definition) is 2. The number of H-pyrrole nitrogens is 1. The first-order valence-corrected chi connectivity index (χ1v) is 13.1. The standard InChI is InChI=1S/C22H35N3O4Si/c1-15-18(20(26)25-21(23)24-15)19(16-11-8-9-12-17(16)27-5)28-13-10-14-29-30(6,7)22(2,3)4/h8-9,11-12,19H,10,13-14H2,1-7H3,(H3,23,24,25,26). The quantitative estimate of drug-likeness (QED) is 0.454. The molecule has 8 heteroatoms. The molecule has 0 bridgehead atoms. The maximum absolute atomic E-state index is 12.7. The van der Waals surface area contributed by atoms with Crippen LogP contribution in [0.25, 0.3) is 0 Å². The summed E-state index contributed by atoms with van der Waals surface area (Å²) in [4.78, 5) is 19.5. The van der Waals surface area contributed by atoms with Crippen LogP contribution in [0, 0.1) is 6.92 Å². The molecule has 1 aromatic heterocycles. The zero-order valence-electron chi connectivity index (χ0n) is 19.2. The molecule has 2 rings (SSSR count). The van der Waals surface area contributed by atoms with Gasteiger partial charge in [0.2, 0.25) is 5.95 Å². The molecule has 7 nitrogen and oxygen atoms in total. The van der Waals surface area contributed by atoms with Crippen molar-refractivity contribution in [3.8, 4) is 5.75 Å². The summed E-state index contributed by atoms with van der Waals surface area (Å²) < 4.78 is 18.0. The van der Waals surface area contributed by atoms with E-state index in [0.29, 0.717) is 30.2 Å². The van der Waals surface area contributed by atoms with Gasteiger partial charge in [0.1, 0.15) is 11.9 Å². The van der Waals surface area contributed by atoms with Gasteiger partial charge in [-0.05, 0) is 37.5 Å². The van der Waals surface area contributed by atoms with E-state index in [-0.39, 0.29) is 16.5 Å². The zero-order chi connectivity index (χ0) is 22.5. The van der Waals surface area contributed by atoms with Crippen molar-refractivity contribution in [1.29, 1.82) is 0 Å². The number of nitrogens with zero attached hydrogens (tertiary/aromatic N) is 1. The Labute approximate surface area is 180 Å². The number of nitrogen functional groups attached to an aromatic ring is 1. The number of aromatic amines is 1. The molecule has 0 saturated carbocycles. The Balaban J connectivity index is 2.22. The van der Waals surface area contributed by atoms with E-state index in [4.69, 9.17) is 19.6 Å². The molecule has 1 atom stereocenters. The highest BCUT2D eigenvalue weighted by Crippen LogP contribution is 2.37. The van der Waals surface area contributed by atoms with E-state index in [9.17, 15) is 4.79 Å². The molecule has 1 unspecified atom stereocenters. The van der Waals surface area contributed by atoms with Gasteiger partial charge in [-0.3, -0.25) is 9.78 Å². The molecule has 0 saturated heterocycles. The molecule has 1 heterocycles. The number of rotatable bonds is 9. The molecule has 2 aromatic rings. The lowest BCUT2D eigenvalue weighted by Crippen LogP contribution is -2.41. The van der Waals surface area contributed by atoms with Crippen molar-refractivity contribution in [3.63, 3.8) is 0 Å². The summed E-state index contributed by atoms with van der Waals surface area (Å²) in [6.07, 6.45) is 0.100. The Morgan fingerprint density at radius 2 is 1.87 bits per heavy atom. The number of methoxy groups -OCH3 is 1. The second-order valence-electron chi connectivity index (χ2n) is 8.91. The first-order valence-electron chi connectivity index (χ1n) is 10.2. The first-order chi connectivity index (χ1) is 14.0. The number of benzene rings is 1. The van der Waals surface area contributed by atoms with Crippen LogP contribution in [0.1, 0.15) is 50.1 Å². The van der Waals surface area contributed by atoms with Gasteiger partial charge in [-0.25, -0.2) is 4.98 Å². The molecule has 30 heavy (non-hydrogen) atoms. The Morgan fingerprint density at radius 1 is 1.20 bits per heavy atom. The van der Waals surface area contributed by atoms with Crippen molar-refractivity contribution in [3.05, 3.63) is 51.4 Å². The normalized spacial score (nSPS) is 13.3. The summed E-state index contributed by atoms with van der Waals surface area (Å²) in [5.41, 5.74) is 7.11. The van der Waals surface area contributed by atoms with Crippen LogP contribution in [0.5, 0.6) is 5.75 Å². The van der Waals surface area contributed by atoms with E-state index in [0.717, 1.165) is 12.0 Å². The molecule has 166 valence electrons. The molecule has 0 aliphatic heterocycles. The maximum Gasteiger partial charge on any atom is 0.258 e. The van der Waals surface area contributed by atoms with E-state index >= 15 is 0 Å². The second-order valence-corrected chi connectivity index (χ2v) is 13.7. The second kappa shape index (κ2) is 9.76. The molecular formula is C22H35N3O4Si. The molecular weight excluding hydrogens is 398 g/mol. The Hall–Kier alpha value is -2.16. The topological polar surface area (TPSA) is 99.5 Å². The number of hydrogen-bond acceptors (Lipinski definition) is 6. The molecule has 0 fully saturated rings. The van der Waals surface area contributed by atoms with Gasteiger partial charge in [-0.15, -0.1) is 0 Å². The van der Waals surface area contributed by atoms with Crippen molar-refractivity contribution in [2.75, 3.05) is 26.1 Å². The fraction of sp³-hybridized carbons (Fsp3) is 0.545. The van der Waals surface area contributed by atoms with Crippen molar-refractivity contribution in [1.82, 2.24) is 9.97 Å². The summed E-state index contributed by atoms with van der Waals surface area (Å²) in [7, 11) is -0.205. The Kier molecular flexibility index (Phi) is 7.85. The van der Waals surface area contributed by atoms with Gasteiger partial charge >= 0.3 is 0 Å². The van der Waals surface area contributed by atoms with Crippen molar-refractivity contribution < 1.29 is 13.9 Å². The van der Waals surface area contributed by atoms with Crippen molar-refractivity contribution in [2.24, 2.45) is 0 Å². The number of aromatic nitrogens is 2. The molecule has 0 amide bonds. The minimum absolute atomic E-state index is 0.0859. The highest BCUT2D eigenvalue weighted by Gasteiger charge is 2.36. The van der Waals surface area contributed by atoms with Crippen LogP contribution in [-0.2, 0) is 9.16 Å². The van der Waals surface area contributed by atoms with Crippen LogP contribution < -0.4 is 16.0 Å². The predicted octanol–water partition coefficient (Wildman–Crippen LogP) is 4.19.